The first-order chi connectivity index (χ1) is 5.08. The van der Waals surface area contributed by atoms with Gasteiger partial charge in [0.25, 0.3) is 0 Å². The Hall–Kier alpha value is 0.300. The van der Waals surface area contributed by atoms with Crippen molar-refractivity contribution in [3.8, 4) is 0 Å². The van der Waals surface area contributed by atoms with Crippen LogP contribution in [0.2, 0.25) is 0 Å². The second kappa shape index (κ2) is 3.22. The Bertz CT molecular complexity index is 194. The van der Waals surface area contributed by atoms with Crippen LogP contribution < -0.4 is 0 Å². The molecule has 3 nitrogen and oxygen atoms in total. The Morgan fingerprint density at radius 2 is 1.83 bits per heavy atom. The Balaban J connectivity index is 4.55. The average Bonchev–Trinajstić information content (AvgIpc) is 1.83. The topological polar surface area (TPSA) is 46.5 Å². The number of aliphatic hydroxyl groups excluding tert-OH is 1. The van der Waals surface area contributed by atoms with Crippen LogP contribution >= 0.6 is 15.4 Å². The van der Waals surface area contributed by atoms with Gasteiger partial charge in [-0.2, -0.15) is 0 Å². The monoisotopic (exact) mass is 230 g/mol. The molecule has 0 rings (SSSR count). The molecule has 0 aliphatic rings. The number of rotatable bonds is 4. The quantitative estimate of drug-likeness (QED) is 0.595. The molecule has 76 valence electrons. The number of halogens is 4. The molecule has 0 aromatic carbocycles. The van der Waals surface area contributed by atoms with E-state index in [1.807, 2.05) is 0 Å². The van der Waals surface area contributed by atoms with Gasteiger partial charge in [-0.25, -0.2) is 0 Å². The van der Waals surface area contributed by atoms with Crippen molar-refractivity contribution in [3.63, 3.8) is 0 Å². The fraction of sp³-hybridized carbons (Fsp3) is 1.00. The molecule has 0 aromatic rings. The minimum atomic E-state index is -8.22. The van der Waals surface area contributed by atoms with Gasteiger partial charge < -0.3 is 0 Å². The van der Waals surface area contributed by atoms with E-state index in [1.165, 1.54) is 0 Å². The summed E-state index contributed by atoms with van der Waals surface area (Å²) in [5.41, 5.74) is 0. The SMILES string of the molecule is CCP(=O)(CO)OP(F)(F)(F)F. The molecule has 0 amide bonds. The van der Waals surface area contributed by atoms with Gasteiger partial charge in [-0.1, -0.05) is 0 Å². The summed E-state index contributed by atoms with van der Waals surface area (Å²) >= 11 is 0. The molecule has 12 heavy (non-hydrogen) atoms. The normalized spacial score (nSPS) is 21.0. The fourth-order valence-electron chi connectivity index (χ4n) is 0.409. The number of hydrogen-bond acceptors (Lipinski definition) is 3. The van der Waals surface area contributed by atoms with Crippen LogP contribution in [0.4, 0.5) is 16.8 Å². The summed E-state index contributed by atoms with van der Waals surface area (Å²) in [5.74, 6) is 0. The van der Waals surface area contributed by atoms with E-state index in [2.05, 4.69) is 4.31 Å². The third-order valence-corrected chi connectivity index (χ3v) is 4.54. The van der Waals surface area contributed by atoms with E-state index in [-0.39, 0.29) is 0 Å². The van der Waals surface area contributed by atoms with Gasteiger partial charge in [0.15, 0.2) is 0 Å². The van der Waals surface area contributed by atoms with Crippen molar-refractivity contribution < 1.29 is 30.8 Å². The molecule has 0 heterocycles. The van der Waals surface area contributed by atoms with Crippen LogP contribution in [0, 0.1) is 0 Å². The molecule has 0 bridgehead atoms. The van der Waals surface area contributed by atoms with Crippen molar-refractivity contribution >= 4 is 15.4 Å². The molecule has 9 heteroatoms. The second-order valence-corrected chi connectivity index (χ2v) is 6.53. The molecule has 0 aliphatic heterocycles. The summed E-state index contributed by atoms with van der Waals surface area (Å²) in [7, 11) is -12.5. The average molecular weight is 230 g/mol. The molecule has 0 aromatic heterocycles. The van der Waals surface area contributed by atoms with E-state index in [4.69, 9.17) is 5.11 Å². The zero-order valence-electron chi connectivity index (χ0n) is 6.08. The van der Waals surface area contributed by atoms with Crippen LogP contribution in [-0.4, -0.2) is 17.6 Å². The molecule has 0 spiro atoms. The standard InChI is InChI=1S/C3H8F4O3P2/c1-2-11(9,3-8)10-12(4,5,6)7/h8H,2-3H2,1H3. The third-order valence-electron chi connectivity index (χ3n) is 0.970. The van der Waals surface area contributed by atoms with E-state index in [0.717, 1.165) is 6.92 Å². The van der Waals surface area contributed by atoms with Crippen LogP contribution in [0.15, 0.2) is 0 Å². The molecule has 0 saturated carbocycles. The maximum absolute atomic E-state index is 11.6. The first kappa shape index (κ1) is 12.3. The first-order valence-corrected chi connectivity index (χ1v) is 6.59. The van der Waals surface area contributed by atoms with Gasteiger partial charge in [-0.15, -0.1) is 0 Å². The van der Waals surface area contributed by atoms with Crippen molar-refractivity contribution in [2.75, 3.05) is 12.5 Å². The van der Waals surface area contributed by atoms with Crippen LogP contribution in [0.3, 0.4) is 0 Å². The third kappa shape index (κ3) is 5.04. The number of hydrogen-bond donors (Lipinski definition) is 1. The fourth-order valence-corrected chi connectivity index (χ4v) is 3.08. The Morgan fingerprint density at radius 3 is 1.92 bits per heavy atom. The Kier molecular flexibility index (Phi) is 3.30. The molecule has 1 N–H and O–H groups in total. The molecule has 1 atom stereocenters. The summed E-state index contributed by atoms with van der Waals surface area (Å²) < 4.78 is 59.9. The van der Waals surface area contributed by atoms with Gasteiger partial charge in [-0.05, 0) is 0 Å². The molecule has 0 saturated heterocycles. The van der Waals surface area contributed by atoms with Gasteiger partial charge in [0.05, 0.1) is 0 Å². The summed E-state index contributed by atoms with van der Waals surface area (Å²) in [6.45, 7) is 1.11. The van der Waals surface area contributed by atoms with Gasteiger partial charge in [0.1, 0.15) is 0 Å². The van der Waals surface area contributed by atoms with Gasteiger partial charge in [0, 0.05) is 0 Å². The van der Waals surface area contributed by atoms with Crippen molar-refractivity contribution in [2.45, 2.75) is 6.92 Å². The first-order valence-electron chi connectivity index (χ1n) is 2.88. The van der Waals surface area contributed by atoms with E-state index in [1.54, 1.807) is 0 Å². The van der Waals surface area contributed by atoms with Gasteiger partial charge in [-0.3, -0.25) is 0 Å². The van der Waals surface area contributed by atoms with Crippen LogP contribution in [0.5, 0.6) is 0 Å². The van der Waals surface area contributed by atoms with Crippen molar-refractivity contribution in [3.05, 3.63) is 0 Å². The van der Waals surface area contributed by atoms with E-state index >= 15 is 0 Å². The predicted molar refractivity (Wildman–Crippen MR) is 37.7 cm³/mol. The zero-order chi connectivity index (χ0) is 10.1. The molecule has 0 radical (unpaired) electrons. The maximum atomic E-state index is 11.6. The van der Waals surface area contributed by atoms with Crippen molar-refractivity contribution in [2.24, 2.45) is 0 Å². The van der Waals surface area contributed by atoms with E-state index < -0.39 is 28.0 Å². The molecular formula is C3H8F4O3P2. The zero-order valence-corrected chi connectivity index (χ0v) is 7.87. The summed E-state index contributed by atoms with van der Waals surface area (Å²) in [5, 5.41) is 8.23. The predicted octanol–water partition coefficient (Wildman–Crippen LogP) is 3.26. The van der Waals surface area contributed by atoms with E-state index in [0.29, 0.717) is 0 Å². The van der Waals surface area contributed by atoms with Crippen LogP contribution in [0.25, 0.3) is 0 Å². The Morgan fingerprint density at radius 1 is 1.42 bits per heavy atom. The van der Waals surface area contributed by atoms with Crippen molar-refractivity contribution in [1.82, 2.24) is 0 Å². The number of aliphatic hydroxyl groups is 1. The van der Waals surface area contributed by atoms with E-state index in [9.17, 15) is 21.4 Å². The van der Waals surface area contributed by atoms with Crippen LogP contribution in [0.1, 0.15) is 6.92 Å². The molecular weight excluding hydrogens is 222 g/mol. The second-order valence-electron chi connectivity index (χ2n) is 2.01. The van der Waals surface area contributed by atoms with Crippen molar-refractivity contribution in [1.29, 1.82) is 0 Å². The molecule has 0 fully saturated rings. The van der Waals surface area contributed by atoms with Gasteiger partial charge >= 0.3 is 65.6 Å². The summed E-state index contributed by atoms with van der Waals surface area (Å²) in [6.07, 6.45) is -1.85. The Labute approximate surface area is 66.7 Å². The van der Waals surface area contributed by atoms with Gasteiger partial charge in [0.2, 0.25) is 0 Å². The van der Waals surface area contributed by atoms with Crippen LogP contribution in [-0.2, 0) is 8.88 Å². The summed E-state index contributed by atoms with van der Waals surface area (Å²) in [4.78, 5) is 0. The summed E-state index contributed by atoms with van der Waals surface area (Å²) in [6, 6.07) is 0. The molecule has 1 unspecified atom stereocenters. The molecule has 0 aliphatic carbocycles. The minimum absolute atomic E-state index is 0.553.